The third-order valence-electron chi connectivity index (χ3n) is 5.23. The maximum atomic E-state index is 13.1. The van der Waals surface area contributed by atoms with E-state index in [1.165, 1.54) is 23.3 Å². The van der Waals surface area contributed by atoms with Crippen LogP contribution >= 0.6 is 11.3 Å². The van der Waals surface area contributed by atoms with E-state index in [1.807, 2.05) is 29.6 Å². The van der Waals surface area contributed by atoms with Crippen molar-refractivity contribution in [1.82, 2.24) is 4.90 Å². The van der Waals surface area contributed by atoms with Gasteiger partial charge in [0.2, 0.25) is 0 Å². The standard InChI is InChI=1S/C24H21NO5S/c1-29-16-11-9-15(10-12-16)14-25-21(19-8-5-13-31-19)20(23(27)24(25)28)22(26)17-6-3-4-7-18(17)30-2/h3-13,21,26H,14H2,1-2H3/b22-20-. The SMILES string of the molecule is COc1ccc(CN2C(=O)C(=O)/C(=C(\O)c3ccccc3OC)C2c2cccs2)cc1. The van der Waals surface area contributed by atoms with Gasteiger partial charge < -0.3 is 19.5 Å². The number of rotatable bonds is 6. The number of hydrogen-bond acceptors (Lipinski definition) is 6. The van der Waals surface area contributed by atoms with E-state index in [-0.39, 0.29) is 17.9 Å². The number of carbonyl (C=O) groups excluding carboxylic acids is 2. The van der Waals surface area contributed by atoms with Crippen LogP contribution in [0.5, 0.6) is 11.5 Å². The molecule has 0 spiro atoms. The lowest BCUT2D eigenvalue weighted by molar-refractivity contribution is -0.140. The molecule has 0 radical (unpaired) electrons. The monoisotopic (exact) mass is 435 g/mol. The van der Waals surface area contributed by atoms with Crippen LogP contribution in [0.4, 0.5) is 0 Å². The molecule has 2 heterocycles. The van der Waals surface area contributed by atoms with Gasteiger partial charge in [0.15, 0.2) is 0 Å². The van der Waals surface area contributed by atoms with Gasteiger partial charge in [-0.25, -0.2) is 0 Å². The van der Waals surface area contributed by atoms with Crippen molar-refractivity contribution in [2.45, 2.75) is 12.6 Å². The van der Waals surface area contributed by atoms with Gasteiger partial charge in [-0.2, -0.15) is 0 Å². The smallest absolute Gasteiger partial charge is 0.295 e. The molecule has 1 N–H and O–H groups in total. The van der Waals surface area contributed by atoms with Crippen molar-refractivity contribution in [2.24, 2.45) is 0 Å². The predicted octanol–water partition coefficient (Wildman–Crippen LogP) is 4.39. The summed E-state index contributed by atoms with van der Waals surface area (Å²) in [7, 11) is 3.08. The van der Waals surface area contributed by atoms with Crippen LogP contribution in [0.15, 0.2) is 71.6 Å². The van der Waals surface area contributed by atoms with Crippen LogP contribution in [-0.4, -0.2) is 35.9 Å². The Labute approximate surface area is 184 Å². The number of aliphatic hydroxyl groups excluding tert-OH is 1. The summed E-state index contributed by atoms with van der Waals surface area (Å²) < 4.78 is 10.5. The third kappa shape index (κ3) is 3.80. The third-order valence-corrected chi connectivity index (χ3v) is 6.15. The second-order valence-electron chi connectivity index (χ2n) is 6.99. The molecule has 7 heteroatoms. The highest BCUT2D eigenvalue weighted by Crippen LogP contribution is 2.43. The summed E-state index contributed by atoms with van der Waals surface area (Å²) in [5.74, 6) is -0.476. The molecule has 31 heavy (non-hydrogen) atoms. The Bertz CT molecular complexity index is 1140. The zero-order valence-corrected chi connectivity index (χ0v) is 17.9. The van der Waals surface area contributed by atoms with E-state index in [4.69, 9.17) is 9.47 Å². The van der Waals surface area contributed by atoms with E-state index >= 15 is 0 Å². The van der Waals surface area contributed by atoms with E-state index in [0.29, 0.717) is 17.1 Å². The van der Waals surface area contributed by atoms with E-state index in [0.717, 1.165) is 10.4 Å². The Morgan fingerprint density at radius 1 is 1.00 bits per heavy atom. The molecule has 1 aromatic heterocycles. The number of amides is 1. The first-order chi connectivity index (χ1) is 15.0. The normalized spacial score (nSPS) is 17.7. The highest BCUT2D eigenvalue weighted by atomic mass is 32.1. The second kappa shape index (κ2) is 8.65. The number of carbonyl (C=O) groups is 2. The molecule has 1 aliphatic rings. The molecular weight excluding hydrogens is 414 g/mol. The number of benzene rings is 2. The molecule has 0 aliphatic carbocycles. The lowest BCUT2D eigenvalue weighted by atomic mass is 9.99. The topological polar surface area (TPSA) is 76.1 Å². The summed E-state index contributed by atoms with van der Waals surface area (Å²) in [5, 5.41) is 13.0. The van der Waals surface area contributed by atoms with E-state index in [1.54, 1.807) is 43.5 Å². The molecule has 1 aliphatic heterocycles. The summed E-state index contributed by atoms with van der Waals surface area (Å²) in [6.45, 7) is 0.222. The fraction of sp³-hybridized carbons (Fsp3) is 0.167. The highest BCUT2D eigenvalue weighted by Gasteiger charge is 2.46. The fourth-order valence-corrected chi connectivity index (χ4v) is 4.54. The number of hydrogen-bond donors (Lipinski definition) is 1. The van der Waals surface area contributed by atoms with Crippen molar-refractivity contribution in [3.8, 4) is 11.5 Å². The average Bonchev–Trinajstić information content (AvgIpc) is 3.42. The highest BCUT2D eigenvalue weighted by molar-refractivity contribution is 7.10. The number of ketones is 1. The van der Waals surface area contributed by atoms with Crippen molar-refractivity contribution in [2.75, 3.05) is 14.2 Å². The Morgan fingerprint density at radius 2 is 1.74 bits per heavy atom. The molecule has 1 amide bonds. The van der Waals surface area contributed by atoms with Gasteiger partial charge in [-0.15, -0.1) is 11.3 Å². The Morgan fingerprint density at radius 3 is 2.39 bits per heavy atom. The minimum atomic E-state index is -0.713. The number of ether oxygens (including phenoxy) is 2. The molecule has 0 saturated carbocycles. The summed E-state index contributed by atoms with van der Waals surface area (Å²) >= 11 is 1.43. The van der Waals surface area contributed by atoms with Crippen molar-refractivity contribution >= 4 is 28.8 Å². The summed E-state index contributed by atoms with van der Waals surface area (Å²) in [5.41, 5.74) is 1.28. The zero-order chi connectivity index (χ0) is 22.0. The molecule has 2 aromatic carbocycles. The Kier molecular flexibility index (Phi) is 5.77. The molecule has 1 saturated heterocycles. The van der Waals surface area contributed by atoms with Gasteiger partial charge >= 0.3 is 0 Å². The van der Waals surface area contributed by atoms with Gasteiger partial charge in [-0.1, -0.05) is 30.3 Å². The quantitative estimate of drug-likeness (QED) is 0.353. The summed E-state index contributed by atoms with van der Waals surface area (Å²) in [6, 6.07) is 17.2. The van der Waals surface area contributed by atoms with Crippen LogP contribution in [0, 0.1) is 0 Å². The molecule has 158 valence electrons. The number of thiophene rings is 1. The van der Waals surface area contributed by atoms with Crippen molar-refractivity contribution in [3.63, 3.8) is 0 Å². The molecule has 4 rings (SSSR count). The van der Waals surface area contributed by atoms with Crippen molar-refractivity contribution in [3.05, 3.63) is 87.6 Å². The van der Waals surface area contributed by atoms with Crippen LogP contribution in [0.25, 0.3) is 5.76 Å². The zero-order valence-electron chi connectivity index (χ0n) is 17.1. The second-order valence-corrected chi connectivity index (χ2v) is 7.97. The number of nitrogens with zero attached hydrogens (tertiary/aromatic N) is 1. The molecule has 0 bridgehead atoms. The molecule has 1 fully saturated rings. The fourth-order valence-electron chi connectivity index (χ4n) is 3.70. The molecule has 1 atom stereocenters. The number of aliphatic hydroxyl groups is 1. The first kappa shape index (κ1) is 20.7. The molecule has 6 nitrogen and oxygen atoms in total. The maximum Gasteiger partial charge on any atom is 0.295 e. The lowest BCUT2D eigenvalue weighted by Gasteiger charge is -2.24. The number of likely N-dealkylation sites (tertiary alicyclic amines) is 1. The number of para-hydroxylation sites is 1. The van der Waals surface area contributed by atoms with Crippen molar-refractivity contribution in [1.29, 1.82) is 0 Å². The van der Waals surface area contributed by atoms with Gasteiger partial charge in [0.25, 0.3) is 11.7 Å². The minimum Gasteiger partial charge on any atom is -0.507 e. The first-order valence-electron chi connectivity index (χ1n) is 9.63. The molecule has 3 aromatic rings. The van der Waals surface area contributed by atoms with Crippen LogP contribution < -0.4 is 9.47 Å². The Balaban J connectivity index is 1.81. The van der Waals surface area contributed by atoms with Crippen LogP contribution in [0.3, 0.4) is 0 Å². The minimum absolute atomic E-state index is 0.0606. The van der Waals surface area contributed by atoms with Gasteiger partial charge in [-0.3, -0.25) is 9.59 Å². The lowest BCUT2D eigenvalue weighted by Crippen LogP contribution is -2.28. The van der Waals surface area contributed by atoms with Crippen LogP contribution in [0.1, 0.15) is 22.0 Å². The predicted molar refractivity (Wildman–Crippen MR) is 118 cm³/mol. The van der Waals surface area contributed by atoms with Gasteiger partial charge in [0, 0.05) is 11.4 Å². The maximum absolute atomic E-state index is 13.1. The van der Waals surface area contributed by atoms with Gasteiger partial charge in [0.05, 0.1) is 31.4 Å². The number of Topliss-reactive ketones (excluding diaryl/α,β-unsaturated/α-hetero) is 1. The van der Waals surface area contributed by atoms with E-state index in [9.17, 15) is 14.7 Å². The number of methoxy groups -OCH3 is 2. The van der Waals surface area contributed by atoms with Crippen LogP contribution in [0.2, 0.25) is 0 Å². The van der Waals surface area contributed by atoms with E-state index < -0.39 is 17.7 Å². The van der Waals surface area contributed by atoms with Crippen molar-refractivity contribution < 1.29 is 24.2 Å². The largest absolute Gasteiger partial charge is 0.507 e. The summed E-state index contributed by atoms with van der Waals surface area (Å²) in [4.78, 5) is 28.4. The Hall–Kier alpha value is -3.58. The van der Waals surface area contributed by atoms with E-state index in [2.05, 4.69) is 0 Å². The molecule has 1 unspecified atom stereocenters. The molecular formula is C24H21NO5S. The van der Waals surface area contributed by atoms with Gasteiger partial charge in [-0.05, 0) is 41.3 Å². The first-order valence-corrected chi connectivity index (χ1v) is 10.5. The van der Waals surface area contributed by atoms with Gasteiger partial charge in [0.1, 0.15) is 17.3 Å². The van der Waals surface area contributed by atoms with Crippen LogP contribution in [-0.2, 0) is 16.1 Å². The average molecular weight is 436 g/mol. The summed E-state index contributed by atoms with van der Waals surface area (Å²) in [6.07, 6.45) is 0.